The van der Waals surface area contributed by atoms with E-state index < -0.39 is 20.0 Å². The van der Waals surface area contributed by atoms with E-state index in [1.165, 1.54) is 205 Å². The first kappa shape index (κ1) is 66.8. The van der Waals surface area contributed by atoms with E-state index in [-0.39, 0.29) is 31.5 Å². The quantitative estimate of drug-likeness (QED) is 0.0212. The highest BCUT2D eigenvalue weighted by molar-refractivity contribution is 7.45. The van der Waals surface area contributed by atoms with Crippen LogP contribution in [-0.2, 0) is 27.9 Å². The molecule has 0 saturated carbocycles. The van der Waals surface area contributed by atoms with Crippen molar-refractivity contribution >= 4 is 19.7 Å². The van der Waals surface area contributed by atoms with Gasteiger partial charge in [0, 0.05) is 12.8 Å². The number of phosphoric ester groups is 1. The van der Waals surface area contributed by atoms with Crippen molar-refractivity contribution in [3.05, 3.63) is 12.2 Å². The van der Waals surface area contributed by atoms with Crippen LogP contribution in [0.4, 0.5) is 0 Å². The Bertz CT molecular complexity index is 1180. The van der Waals surface area contributed by atoms with E-state index in [1.807, 2.05) is 33.3 Å². The minimum atomic E-state index is -4.68. The Balaban J connectivity index is 5.29. The number of hydrogen-bond acceptors (Lipinski definition) is 7. The Hall–Kier alpha value is -1.25. The second-order valence-corrected chi connectivity index (χ2v) is 22.9. The molecule has 0 bridgehead atoms. The van der Waals surface area contributed by atoms with Gasteiger partial charge in [0.1, 0.15) is 19.3 Å². The van der Waals surface area contributed by atoms with E-state index in [4.69, 9.17) is 13.8 Å². The highest BCUT2D eigenvalue weighted by atomic mass is 31.2. The third kappa shape index (κ3) is 49.7. The molecule has 0 aliphatic rings. The number of allylic oxidation sites excluding steroid dienone is 1. The lowest BCUT2D eigenvalue weighted by Gasteiger charge is -2.30. The monoisotopic (exact) mass is 983 g/mol. The Morgan fingerprint density at radius 2 is 0.838 bits per heavy atom. The molecule has 0 aliphatic carbocycles. The highest BCUT2D eigenvalue weighted by Crippen LogP contribution is 2.38. The summed E-state index contributed by atoms with van der Waals surface area (Å²) >= 11 is 0. The number of carbonyl (C=O) groups excluding carboxylic acids is 2. The van der Waals surface area contributed by atoms with Crippen molar-refractivity contribution in [2.45, 2.75) is 309 Å². The largest absolute Gasteiger partial charge is 0.756 e. The number of quaternary nitrogens is 1. The van der Waals surface area contributed by atoms with Crippen molar-refractivity contribution in [3.8, 4) is 0 Å². The van der Waals surface area contributed by atoms with Crippen molar-refractivity contribution in [2.75, 3.05) is 40.9 Å². The van der Waals surface area contributed by atoms with E-state index in [9.17, 15) is 19.0 Å². The smallest absolute Gasteiger partial charge is 0.306 e. The summed E-state index contributed by atoms with van der Waals surface area (Å²) in [5.41, 5.74) is 0. The first-order chi connectivity index (χ1) is 32.9. The lowest BCUT2D eigenvalue weighted by atomic mass is 10.0. The number of carbonyl (C=O) groups is 2. The second kappa shape index (κ2) is 49.3. The van der Waals surface area contributed by atoms with Crippen LogP contribution in [0.15, 0.2) is 12.2 Å². The standard InChI is InChI=1S/C58H115N2O7P/c1-7-10-13-16-19-22-25-28-30-32-35-38-41-44-47-50-57(61)59-55(54-66-68(63,64)65-53-52-60(4,5)6)56(49-46-43-40-37-34-27-24-21-18-15-12-9-3)67-58(62)51-48-45-42-39-36-33-31-29-26-23-20-17-14-11-8-2/h46,49,55-56H,7-45,47-48,50-54H2,1-6H3,(H-,59,61,63,64)/b49-46+. The van der Waals surface area contributed by atoms with Crippen molar-refractivity contribution in [1.29, 1.82) is 0 Å². The van der Waals surface area contributed by atoms with Gasteiger partial charge in [-0.15, -0.1) is 0 Å². The second-order valence-electron chi connectivity index (χ2n) is 21.5. The van der Waals surface area contributed by atoms with Gasteiger partial charge in [0.25, 0.3) is 7.82 Å². The number of likely N-dealkylation sites (N-methyl/N-ethyl adjacent to an activating group) is 1. The third-order valence-corrected chi connectivity index (χ3v) is 14.4. The fourth-order valence-electron chi connectivity index (χ4n) is 8.88. The number of nitrogens with one attached hydrogen (secondary N) is 1. The molecule has 3 atom stereocenters. The van der Waals surface area contributed by atoms with Crippen LogP contribution in [0.5, 0.6) is 0 Å². The summed E-state index contributed by atoms with van der Waals surface area (Å²) in [5.74, 6) is -0.522. The van der Waals surface area contributed by atoms with Crippen molar-refractivity contribution in [3.63, 3.8) is 0 Å². The number of amides is 1. The summed E-state index contributed by atoms with van der Waals surface area (Å²) in [6.07, 6.45) is 54.5. The van der Waals surface area contributed by atoms with Crippen LogP contribution in [0.25, 0.3) is 0 Å². The molecule has 0 aromatic rings. The predicted octanol–water partition coefficient (Wildman–Crippen LogP) is 17.0. The van der Waals surface area contributed by atoms with Gasteiger partial charge in [0.05, 0.1) is 33.8 Å². The molecule has 68 heavy (non-hydrogen) atoms. The lowest BCUT2D eigenvalue weighted by Crippen LogP contribution is -2.47. The molecule has 9 nitrogen and oxygen atoms in total. The number of phosphoric acid groups is 1. The maximum atomic E-state index is 13.5. The fourth-order valence-corrected chi connectivity index (χ4v) is 9.60. The average Bonchev–Trinajstić information content (AvgIpc) is 3.29. The summed E-state index contributed by atoms with van der Waals surface area (Å²) in [5, 5.41) is 3.03. The Morgan fingerprint density at radius 3 is 1.21 bits per heavy atom. The zero-order valence-electron chi connectivity index (χ0n) is 46.1. The summed E-state index contributed by atoms with van der Waals surface area (Å²) < 4.78 is 30.3. The molecule has 0 aliphatic heterocycles. The summed E-state index contributed by atoms with van der Waals surface area (Å²) in [6.45, 7) is 6.88. The molecule has 1 N–H and O–H groups in total. The Kier molecular flexibility index (Phi) is 48.4. The maximum absolute atomic E-state index is 13.5. The molecule has 3 unspecified atom stereocenters. The molecule has 404 valence electrons. The van der Waals surface area contributed by atoms with Gasteiger partial charge in [0.2, 0.25) is 5.91 Å². The summed E-state index contributed by atoms with van der Waals surface area (Å²) in [6, 6.07) is -0.878. The van der Waals surface area contributed by atoms with E-state index in [0.29, 0.717) is 17.4 Å². The third-order valence-electron chi connectivity index (χ3n) is 13.5. The van der Waals surface area contributed by atoms with Gasteiger partial charge in [0.15, 0.2) is 0 Å². The average molecular weight is 984 g/mol. The van der Waals surface area contributed by atoms with Crippen LogP contribution in [0, 0.1) is 0 Å². The van der Waals surface area contributed by atoms with Gasteiger partial charge in [-0.05, 0) is 31.8 Å². The molecule has 10 heteroatoms. The van der Waals surface area contributed by atoms with Gasteiger partial charge < -0.3 is 28.5 Å². The molecular weight excluding hydrogens is 868 g/mol. The molecule has 1 amide bonds. The molecular formula is C58H115N2O7P. The number of esters is 1. The van der Waals surface area contributed by atoms with E-state index in [1.54, 1.807) is 0 Å². The van der Waals surface area contributed by atoms with Crippen molar-refractivity contribution in [2.24, 2.45) is 0 Å². The zero-order chi connectivity index (χ0) is 50.1. The first-order valence-electron chi connectivity index (χ1n) is 29.5. The number of hydrogen-bond donors (Lipinski definition) is 1. The van der Waals surface area contributed by atoms with Gasteiger partial charge in [-0.1, -0.05) is 264 Å². The minimum Gasteiger partial charge on any atom is -0.756 e. The van der Waals surface area contributed by atoms with Crippen LogP contribution in [0.1, 0.15) is 297 Å². The Morgan fingerprint density at radius 1 is 0.500 bits per heavy atom. The van der Waals surface area contributed by atoms with Gasteiger partial charge >= 0.3 is 5.97 Å². The van der Waals surface area contributed by atoms with Crippen LogP contribution in [0.2, 0.25) is 0 Å². The molecule has 0 aromatic carbocycles. The molecule has 0 saturated heterocycles. The summed E-state index contributed by atoms with van der Waals surface area (Å²) in [7, 11) is 1.20. The topological polar surface area (TPSA) is 114 Å². The first-order valence-corrected chi connectivity index (χ1v) is 31.0. The Labute approximate surface area is 422 Å². The van der Waals surface area contributed by atoms with Gasteiger partial charge in [-0.2, -0.15) is 0 Å². The van der Waals surface area contributed by atoms with Crippen LogP contribution in [-0.4, -0.2) is 69.4 Å². The summed E-state index contributed by atoms with van der Waals surface area (Å²) in [4.78, 5) is 39.8. The number of rotatable bonds is 54. The lowest BCUT2D eigenvalue weighted by molar-refractivity contribution is -0.870. The van der Waals surface area contributed by atoms with E-state index >= 15 is 0 Å². The highest BCUT2D eigenvalue weighted by Gasteiger charge is 2.27. The van der Waals surface area contributed by atoms with Gasteiger partial charge in [-0.25, -0.2) is 0 Å². The molecule has 0 radical (unpaired) electrons. The molecule has 0 spiro atoms. The number of ether oxygens (including phenoxy) is 1. The minimum absolute atomic E-state index is 0.0169. The van der Waals surface area contributed by atoms with E-state index in [2.05, 4.69) is 26.1 Å². The van der Waals surface area contributed by atoms with Crippen LogP contribution < -0.4 is 10.2 Å². The predicted molar refractivity (Wildman–Crippen MR) is 289 cm³/mol. The maximum Gasteiger partial charge on any atom is 0.306 e. The van der Waals surface area contributed by atoms with Crippen molar-refractivity contribution in [1.82, 2.24) is 5.32 Å². The normalized spacial score (nSPS) is 13.8. The van der Waals surface area contributed by atoms with Gasteiger partial charge in [-0.3, -0.25) is 14.2 Å². The molecule has 0 rings (SSSR count). The van der Waals surface area contributed by atoms with Crippen molar-refractivity contribution < 1.29 is 37.3 Å². The van der Waals surface area contributed by atoms with E-state index in [0.717, 1.165) is 57.8 Å². The molecule has 0 aromatic heterocycles. The van der Waals surface area contributed by atoms with Crippen LogP contribution in [0.3, 0.4) is 0 Å². The number of unbranched alkanes of at least 4 members (excludes halogenated alkanes) is 38. The SMILES string of the molecule is CCCCCCCCCCCC/C=C/C(OC(=O)CCCCCCCCCCCCCCCCC)C(COP(=O)([O-])OCC[N+](C)(C)C)NC(=O)CCCCCCCCCCCCCCCCC. The molecule has 0 fully saturated rings. The zero-order valence-corrected chi connectivity index (χ0v) is 47.0. The number of nitrogens with zero attached hydrogens (tertiary/aromatic N) is 1. The van der Waals surface area contributed by atoms with Crippen LogP contribution >= 0.6 is 7.82 Å². The fraction of sp³-hybridized carbons (Fsp3) is 0.931. The molecule has 0 heterocycles.